The number of benzene rings is 2. The summed E-state index contributed by atoms with van der Waals surface area (Å²) in [6.07, 6.45) is 4.27. The molecule has 2 aromatic carbocycles. The summed E-state index contributed by atoms with van der Waals surface area (Å²) in [7, 11) is -3.61. The highest BCUT2D eigenvalue weighted by Crippen LogP contribution is 2.29. The minimum absolute atomic E-state index is 0.136. The number of piperidine rings is 1. The first-order valence-electron chi connectivity index (χ1n) is 12.3. The number of sulfonamides is 1. The SMILES string of the molecule is CCOc1ccc(Cn2cc(NC(=O)C3CCN(S(=O)(=O)c4ccc(Cl)cc4)CC3)cn2)cc1OCC. The Morgan fingerprint density at radius 2 is 1.73 bits per heavy atom. The predicted molar refractivity (Wildman–Crippen MR) is 142 cm³/mol. The molecule has 0 aliphatic carbocycles. The first kappa shape index (κ1) is 27.0. The van der Waals surface area contributed by atoms with Crippen LogP contribution in [0.4, 0.5) is 5.69 Å². The Morgan fingerprint density at radius 1 is 1.05 bits per heavy atom. The molecule has 0 atom stereocenters. The van der Waals surface area contributed by atoms with Gasteiger partial charge in [0.05, 0.1) is 36.5 Å². The van der Waals surface area contributed by atoms with Crippen LogP contribution in [0.15, 0.2) is 59.8 Å². The zero-order chi connectivity index (χ0) is 26.4. The van der Waals surface area contributed by atoms with Gasteiger partial charge in [-0.15, -0.1) is 0 Å². The molecule has 198 valence electrons. The molecule has 1 aromatic heterocycles. The van der Waals surface area contributed by atoms with Gasteiger partial charge in [-0.2, -0.15) is 9.40 Å². The number of aromatic nitrogens is 2. The van der Waals surface area contributed by atoms with E-state index in [-0.39, 0.29) is 29.8 Å². The van der Waals surface area contributed by atoms with Gasteiger partial charge in [0.25, 0.3) is 0 Å². The fourth-order valence-electron chi connectivity index (χ4n) is 4.25. The third-order valence-corrected chi connectivity index (χ3v) is 8.29. The molecule has 0 spiro atoms. The van der Waals surface area contributed by atoms with Gasteiger partial charge in [0.15, 0.2) is 11.5 Å². The fourth-order valence-corrected chi connectivity index (χ4v) is 5.85. The number of hydrogen-bond acceptors (Lipinski definition) is 6. The van der Waals surface area contributed by atoms with Gasteiger partial charge in [-0.1, -0.05) is 17.7 Å². The van der Waals surface area contributed by atoms with E-state index in [1.165, 1.54) is 16.4 Å². The molecule has 11 heteroatoms. The molecule has 1 aliphatic heterocycles. The van der Waals surface area contributed by atoms with E-state index in [4.69, 9.17) is 21.1 Å². The summed E-state index contributed by atoms with van der Waals surface area (Å²) in [6.45, 7) is 6.00. The van der Waals surface area contributed by atoms with E-state index >= 15 is 0 Å². The minimum atomic E-state index is -3.61. The largest absolute Gasteiger partial charge is 0.490 e. The maximum Gasteiger partial charge on any atom is 0.243 e. The van der Waals surface area contributed by atoms with E-state index in [0.717, 1.165) is 5.56 Å². The normalized spacial score (nSPS) is 14.9. The molecule has 1 amide bonds. The van der Waals surface area contributed by atoms with E-state index in [0.29, 0.717) is 54.8 Å². The van der Waals surface area contributed by atoms with Crippen molar-refractivity contribution >= 4 is 33.2 Å². The third kappa shape index (κ3) is 6.63. The lowest BCUT2D eigenvalue weighted by Crippen LogP contribution is -2.41. The van der Waals surface area contributed by atoms with Crippen LogP contribution in [0.3, 0.4) is 0 Å². The summed E-state index contributed by atoms with van der Waals surface area (Å²) >= 11 is 5.88. The Balaban J connectivity index is 1.32. The second-order valence-corrected chi connectivity index (χ2v) is 11.1. The fraction of sp³-hybridized carbons (Fsp3) is 0.385. The molecule has 1 N–H and O–H groups in total. The maximum atomic E-state index is 12.9. The second kappa shape index (κ2) is 12.0. The summed E-state index contributed by atoms with van der Waals surface area (Å²) in [6, 6.07) is 11.9. The topological polar surface area (TPSA) is 103 Å². The smallest absolute Gasteiger partial charge is 0.243 e. The van der Waals surface area contributed by atoms with Crippen LogP contribution in [-0.2, 0) is 21.4 Å². The van der Waals surface area contributed by atoms with Crippen molar-refractivity contribution in [3.63, 3.8) is 0 Å². The number of ether oxygens (including phenoxy) is 2. The average molecular weight is 547 g/mol. The lowest BCUT2D eigenvalue weighted by atomic mass is 9.97. The van der Waals surface area contributed by atoms with Crippen LogP contribution in [0.1, 0.15) is 32.3 Å². The van der Waals surface area contributed by atoms with Crippen LogP contribution in [0.5, 0.6) is 11.5 Å². The molecule has 0 saturated carbocycles. The number of halogens is 1. The zero-order valence-electron chi connectivity index (χ0n) is 20.9. The molecule has 0 radical (unpaired) electrons. The first-order valence-corrected chi connectivity index (χ1v) is 14.1. The number of hydrogen-bond donors (Lipinski definition) is 1. The van der Waals surface area contributed by atoms with E-state index < -0.39 is 10.0 Å². The summed E-state index contributed by atoms with van der Waals surface area (Å²) in [4.78, 5) is 13.1. The molecular weight excluding hydrogens is 516 g/mol. The van der Waals surface area contributed by atoms with E-state index in [1.807, 2.05) is 32.0 Å². The van der Waals surface area contributed by atoms with Crippen molar-refractivity contribution in [3.05, 3.63) is 65.4 Å². The van der Waals surface area contributed by atoms with Crippen molar-refractivity contribution in [2.75, 3.05) is 31.6 Å². The molecule has 0 unspecified atom stereocenters. The van der Waals surface area contributed by atoms with Gasteiger partial charge in [-0.25, -0.2) is 8.42 Å². The molecule has 37 heavy (non-hydrogen) atoms. The molecule has 9 nitrogen and oxygen atoms in total. The van der Waals surface area contributed by atoms with Crippen LogP contribution in [0.2, 0.25) is 5.02 Å². The van der Waals surface area contributed by atoms with Gasteiger partial charge in [-0.05, 0) is 68.7 Å². The Bertz CT molecular complexity index is 1320. The lowest BCUT2D eigenvalue weighted by Gasteiger charge is -2.30. The van der Waals surface area contributed by atoms with Gasteiger partial charge in [0.1, 0.15) is 0 Å². The molecule has 1 fully saturated rings. The highest BCUT2D eigenvalue weighted by Gasteiger charge is 2.32. The zero-order valence-corrected chi connectivity index (χ0v) is 22.5. The van der Waals surface area contributed by atoms with Crippen molar-refractivity contribution in [1.29, 1.82) is 0 Å². The van der Waals surface area contributed by atoms with Crippen molar-refractivity contribution in [2.45, 2.75) is 38.1 Å². The van der Waals surface area contributed by atoms with Crippen molar-refractivity contribution in [1.82, 2.24) is 14.1 Å². The van der Waals surface area contributed by atoms with Gasteiger partial charge < -0.3 is 14.8 Å². The van der Waals surface area contributed by atoms with Gasteiger partial charge in [0.2, 0.25) is 15.9 Å². The van der Waals surface area contributed by atoms with E-state index in [9.17, 15) is 13.2 Å². The highest BCUT2D eigenvalue weighted by atomic mass is 35.5. The highest BCUT2D eigenvalue weighted by molar-refractivity contribution is 7.89. The predicted octanol–water partition coefficient (Wildman–Crippen LogP) is 4.42. The Morgan fingerprint density at radius 3 is 2.41 bits per heavy atom. The number of anilines is 1. The van der Waals surface area contributed by atoms with Crippen LogP contribution < -0.4 is 14.8 Å². The number of amides is 1. The number of nitrogens with one attached hydrogen (secondary N) is 1. The second-order valence-electron chi connectivity index (χ2n) is 8.70. The summed E-state index contributed by atoms with van der Waals surface area (Å²) in [5.74, 6) is 0.975. The summed E-state index contributed by atoms with van der Waals surface area (Å²) in [5, 5.41) is 7.76. The monoisotopic (exact) mass is 546 g/mol. The summed E-state index contributed by atoms with van der Waals surface area (Å²) in [5.41, 5.74) is 1.58. The molecule has 1 aliphatic rings. The van der Waals surface area contributed by atoms with Crippen molar-refractivity contribution < 1.29 is 22.7 Å². The Labute approximate surface area is 222 Å². The van der Waals surface area contributed by atoms with Crippen molar-refractivity contribution in [3.8, 4) is 11.5 Å². The lowest BCUT2D eigenvalue weighted by molar-refractivity contribution is -0.120. The molecular formula is C26H31ClN4O5S. The molecule has 3 aromatic rings. The quantitative estimate of drug-likeness (QED) is 0.404. The van der Waals surface area contributed by atoms with Crippen LogP contribution in [-0.4, -0.2) is 54.7 Å². The molecule has 1 saturated heterocycles. The number of carbonyl (C=O) groups excluding carboxylic acids is 1. The van der Waals surface area contributed by atoms with Crippen LogP contribution >= 0.6 is 11.6 Å². The molecule has 2 heterocycles. The minimum Gasteiger partial charge on any atom is -0.490 e. The number of rotatable bonds is 10. The van der Waals surface area contributed by atoms with Gasteiger partial charge in [-0.3, -0.25) is 9.48 Å². The maximum absolute atomic E-state index is 12.9. The van der Waals surface area contributed by atoms with Gasteiger partial charge >= 0.3 is 0 Å². The van der Waals surface area contributed by atoms with E-state index in [1.54, 1.807) is 29.2 Å². The third-order valence-electron chi connectivity index (χ3n) is 6.13. The molecule has 0 bridgehead atoms. The Hall–Kier alpha value is -3.08. The number of carbonyl (C=O) groups is 1. The standard InChI is InChI=1S/C26H31ClN4O5S/c1-3-35-24-10-5-19(15-25(24)36-4-2)17-30-18-22(16-28-30)29-26(32)20-11-13-31(14-12-20)37(33,34)23-8-6-21(27)7-9-23/h5-10,15-16,18,20H,3-4,11-14,17H2,1-2H3,(H,29,32). The van der Waals surface area contributed by atoms with Crippen molar-refractivity contribution in [2.24, 2.45) is 5.92 Å². The summed E-state index contributed by atoms with van der Waals surface area (Å²) < 4.78 is 40.2. The van der Waals surface area contributed by atoms with Gasteiger partial charge in [0, 0.05) is 30.2 Å². The van der Waals surface area contributed by atoms with Crippen LogP contribution in [0.25, 0.3) is 0 Å². The van der Waals surface area contributed by atoms with E-state index in [2.05, 4.69) is 10.4 Å². The Kier molecular flexibility index (Phi) is 8.73. The van der Waals surface area contributed by atoms with Crippen LogP contribution in [0, 0.1) is 5.92 Å². The number of nitrogens with zero attached hydrogens (tertiary/aromatic N) is 3. The first-order chi connectivity index (χ1) is 17.8. The molecule has 4 rings (SSSR count). The average Bonchev–Trinajstić information content (AvgIpc) is 3.32.